The number of aliphatic hydroxyl groups is 5. The molecule has 1 aliphatic carbocycles. The van der Waals surface area contributed by atoms with Crippen molar-refractivity contribution in [2.24, 2.45) is 5.73 Å². The minimum absolute atomic E-state index is 0.270. The molecule has 160 valence electrons. The summed E-state index contributed by atoms with van der Waals surface area (Å²) in [5, 5.41) is 48.8. The van der Waals surface area contributed by atoms with Crippen LogP contribution >= 0.6 is 0 Å². The van der Waals surface area contributed by atoms with Gasteiger partial charge in [-0.3, -0.25) is 4.79 Å². The van der Waals surface area contributed by atoms with Gasteiger partial charge in [0.15, 0.2) is 0 Å². The number of esters is 1. The first kappa shape index (κ1) is 21.9. The monoisotopic (exact) mass is 417 g/mol. The minimum Gasteiger partial charge on any atom is -0.462 e. The number of carbonyl (C=O) groups excluding carboxylic acids is 2. The second-order valence-corrected chi connectivity index (χ2v) is 7.14. The predicted octanol–water partition coefficient (Wildman–Crippen LogP) is -1.37. The second kappa shape index (κ2) is 8.50. The highest BCUT2D eigenvalue weighted by Crippen LogP contribution is 2.44. The Morgan fingerprint density at radius 1 is 1.00 bits per heavy atom. The van der Waals surface area contributed by atoms with Gasteiger partial charge in [-0.2, -0.15) is 0 Å². The van der Waals surface area contributed by atoms with Crippen LogP contribution in [0.3, 0.4) is 0 Å². The SMILES string of the molecule is NC(=O)[C@@](O)(C(=O)OCC1c2ccccc2-c2ccccc21)[C@@H](O)[C@H](O)[C@H](O)CO. The quantitative estimate of drug-likeness (QED) is 0.226. The number of nitrogens with two attached hydrogens (primary N) is 1. The molecule has 1 aliphatic rings. The molecule has 0 radical (unpaired) electrons. The van der Waals surface area contributed by atoms with Crippen molar-refractivity contribution in [2.75, 3.05) is 13.2 Å². The van der Waals surface area contributed by atoms with E-state index < -0.39 is 42.4 Å². The first-order valence-electron chi connectivity index (χ1n) is 9.26. The van der Waals surface area contributed by atoms with E-state index in [1.807, 2.05) is 48.5 Å². The fourth-order valence-corrected chi connectivity index (χ4v) is 3.64. The van der Waals surface area contributed by atoms with Gasteiger partial charge in [-0.15, -0.1) is 0 Å². The van der Waals surface area contributed by atoms with Crippen LogP contribution in [0.4, 0.5) is 0 Å². The van der Waals surface area contributed by atoms with Gasteiger partial charge < -0.3 is 36.0 Å². The van der Waals surface area contributed by atoms with Crippen molar-refractivity contribution in [1.82, 2.24) is 0 Å². The molecule has 0 aromatic heterocycles. The van der Waals surface area contributed by atoms with Gasteiger partial charge in [-0.1, -0.05) is 48.5 Å². The fraction of sp³-hybridized carbons (Fsp3) is 0.333. The summed E-state index contributed by atoms with van der Waals surface area (Å²) >= 11 is 0. The molecule has 0 fully saturated rings. The normalized spacial score (nSPS) is 17.9. The smallest absolute Gasteiger partial charge is 0.351 e. The van der Waals surface area contributed by atoms with E-state index >= 15 is 0 Å². The van der Waals surface area contributed by atoms with Gasteiger partial charge in [-0.25, -0.2) is 4.79 Å². The van der Waals surface area contributed by atoms with Crippen LogP contribution in [0.25, 0.3) is 11.1 Å². The topological polar surface area (TPSA) is 171 Å². The Morgan fingerprint density at radius 2 is 1.50 bits per heavy atom. The van der Waals surface area contributed by atoms with Crippen molar-refractivity contribution in [3.63, 3.8) is 0 Å². The zero-order valence-electron chi connectivity index (χ0n) is 15.9. The van der Waals surface area contributed by atoms with E-state index in [4.69, 9.17) is 15.6 Å². The highest BCUT2D eigenvalue weighted by atomic mass is 16.6. The van der Waals surface area contributed by atoms with Crippen LogP contribution in [0.1, 0.15) is 17.0 Å². The van der Waals surface area contributed by atoms with Crippen LogP contribution in [0.2, 0.25) is 0 Å². The van der Waals surface area contributed by atoms with Gasteiger partial charge in [0.1, 0.15) is 24.9 Å². The molecule has 7 N–H and O–H groups in total. The standard InChI is InChI=1S/C21H23NO8/c22-19(27)21(29,18(26)17(25)16(24)9-23)20(28)30-10-15-13-7-3-1-5-11(13)12-6-2-4-8-14(12)15/h1-8,15-18,23-26,29H,9-10H2,(H2,22,27)/t16-,17-,18+,21-/m1/s1. The third-order valence-corrected chi connectivity index (χ3v) is 5.36. The summed E-state index contributed by atoms with van der Waals surface area (Å²) in [7, 11) is 0. The Hall–Kier alpha value is -2.82. The molecule has 4 atom stereocenters. The van der Waals surface area contributed by atoms with E-state index in [1.165, 1.54) is 0 Å². The molecule has 0 saturated carbocycles. The number of hydrogen-bond donors (Lipinski definition) is 6. The summed E-state index contributed by atoms with van der Waals surface area (Å²) in [4.78, 5) is 24.3. The number of benzene rings is 2. The zero-order chi connectivity index (χ0) is 22.1. The molecular weight excluding hydrogens is 394 g/mol. The molecule has 30 heavy (non-hydrogen) atoms. The first-order valence-corrected chi connectivity index (χ1v) is 9.26. The van der Waals surface area contributed by atoms with Crippen molar-refractivity contribution in [2.45, 2.75) is 29.8 Å². The van der Waals surface area contributed by atoms with Crippen molar-refractivity contribution in [3.8, 4) is 11.1 Å². The zero-order valence-corrected chi connectivity index (χ0v) is 15.9. The van der Waals surface area contributed by atoms with Crippen LogP contribution in [-0.2, 0) is 14.3 Å². The minimum atomic E-state index is -3.33. The molecule has 2 aromatic rings. The maximum absolute atomic E-state index is 12.6. The molecule has 9 heteroatoms. The highest BCUT2D eigenvalue weighted by molar-refractivity contribution is 6.06. The number of primary amides is 1. The molecule has 1 amide bonds. The Kier molecular flexibility index (Phi) is 6.20. The molecule has 0 saturated heterocycles. The molecule has 3 rings (SSSR count). The Morgan fingerprint density at radius 3 is 1.97 bits per heavy atom. The Balaban J connectivity index is 1.84. The number of carbonyl (C=O) groups is 2. The summed E-state index contributed by atoms with van der Waals surface area (Å²) in [6.07, 6.45) is -6.67. The van der Waals surface area contributed by atoms with E-state index in [0.717, 1.165) is 22.3 Å². The first-order chi connectivity index (χ1) is 14.2. The lowest BCUT2D eigenvalue weighted by Crippen LogP contribution is -2.65. The average Bonchev–Trinajstić information content (AvgIpc) is 3.08. The lowest BCUT2D eigenvalue weighted by molar-refractivity contribution is -0.197. The fourth-order valence-electron chi connectivity index (χ4n) is 3.64. The van der Waals surface area contributed by atoms with Crippen LogP contribution in [0.5, 0.6) is 0 Å². The number of aliphatic hydroxyl groups excluding tert-OH is 4. The van der Waals surface area contributed by atoms with E-state index in [0.29, 0.717) is 0 Å². The summed E-state index contributed by atoms with van der Waals surface area (Å²) in [6.45, 7) is -1.26. The molecule has 0 spiro atoms. The Bertz CT molecular complexity index is 903. The maximum Gasteiger partial charge on any atom is 0.351 e. The number of ether oxygens (including phenoxy) is 1. The van der Waals surface area contributed by atoms with Crippen LogP contribution < -0.4 is 5.73 Å². The Labute approximate surface area is 172 Å². The summed E-state index contributed by atoms with van der Waals surface area (Å²) in [5.41, 5.74) is 5.44. The van der Waals surface area contributed by atoms with Crippen LogP contribution in [0, 0.1) is 0 Å². The van der Waals surface area contributed by atoms with E-state index in [9.17, 15) is 30.0 Å². The van der Waals surface area contributed by atoms with Gasteiger partial charge in [0, 0.05) is 5.92 Å². The number of hydrogen-bond acceptors (Lipinski definition) is 8. The molecule has 0 unspecified atom stereocenters. The van der Waals surface area contributed by atoms with Gasteiger partial charge >= 0.3 is 5.97 Å². The van der Waals surface area contributed by atoms with Crippen molar-refractivity contribution >= 4 is 11.9 Å². The van der Waals surface area contributed by atoms with Crippen molar-refractivity contribution in [1.29, 1.82) is 0 Å². The lowest BCUT2D eigenvalue weighted by Gasteiger charge is -2.32. The van der Waals surface area contributed by atoms with E-state index in [-0.39, 0.29) is 12.5 Å². The molecule has 9 nitrogen and oxygen atoms in total. The number of fused-ring (bicyclic) bond motifs is 3. The third kappa shape index (κ3) is 3.57. The predicted molar refractivity (Wildman–Crippen MR) is 104 cm³/mol. The highest BCUT2D eigenvalue weighted by Gasteiger charge is 2.55. The van der Waals surface area contributed by atoms with Crippen molar-refractivity contribution in [3.05, 3.63) is 59.7 Å². The maximum atomic E-state index is 12.6. The van der Waals surface area contributed by atoms with Crippen LogP contribution in [0.15, 0.2) is 48.5 Å². The largest absolute Gasteiger partial charge is 0.462 e. The summed E-state index contributed by atoms with van der Waals surface area (Å²) in [6, 6.07) is 15.0. The van der Waals surface area contributed by atoms with Gasteiger partial charge in [0.05, 0.1) is 6.61 Å². The lowest BCUT2D eigenvalue weighted by atomic mass is 9.89. The number of rotatable bonds is 8. The van der Waals surface area contributed by atoms with E-state index in [2.05, 4.69) is 0 Å². The summed E-state index contributed by atoms with van der Waals surface area (Å²) in [5.74, 6) is -3.63. The molecule has 0 bridgehead atoms. The molecule has 0 aliphatic heterocycles. The summed E-state index contributed by atoms with van der Waals surface area (Å²) < 4.78 is 5.15. The molecular formula is C21H23NO8. The van der Waals surface area contributed by atoms with Crippen molar-refractivity contribution < 1.29 is 39.9 Å². The van der Waals surface area contributed by atoms with Gasteiger partial charge in [0.25, 0.3) is 11.5 Å². The van der Waals surface area contributed by atoms with Crippen LogP contribution in [-0.4, -0.2) is 74.5 Å². The van der Waals surface area contributed by atoms with Gasteiger partial charge in [-0.05, 0) is 22.3 Å². The molecule has 0 heterocycles. The second-order valence-electron chi connectivity index (χ2n) is 7.14. The van der Waals surface area contributed by atoms with Gasteiger partial charge in [0.2, 0.25) is 0 Å². The molecule has 2 aromatic carbocycles. The number of amides is 1. The van der Waals surface area contributed by atoms with E-state index in [1.54, 1.807) is 0 Å². The average molecular weight is 417 g/mol. The third-order valence-electron chi connectivity index (χ3n) is 5.36.